The summed E-state index contributed by atoms with van der Waals surface area (Å²) < 4.78 is 68.7. The molecule has 0 rings (SSSR count). The fraction of sp³-hybridized carbons (Fsp3) is 0.626. The highest BCUT2D eigenvalue weighted by molar-refractivity contribution is 7.47. The van der Waals surface area contributed by atoms with Gasteiger partial charge < -0.3 is 33.8 Å². The highest BCUT2D eigenvalue weighted by Crippen LogP contribution is 2.45. The predicted octanol–water partition coefficient (Wildman–Crippen LogP) is 25.1. The Bertz CT molecular complexity index is 2800. The number of allylic oxidation sites excluding steroid dienone is 30. The van der Waals surface area contributed by atoms with Crippen LogP contribution in [0.15, 0.2) is 182 Å². The first-order chi connectivity index (χ1) is 53.7. The van der Waals surface area contributed by atoms with Gasteiger partial charge in [0.05, 0.1) is 26.4 Å². The molecule has 0 aliphatic carbocycles. The van der Waals surface area contributed by atoms with Crippen molar-refractivity contribution >= 4 is 39.5 Å². The summed E-state index contributed by atoms with van der Waals surface area (Å²) >= 11 is 0. The van der Waals surface area contributed by atoms with Crippen molar-refractivity contribution in [3.05, 3.63) is 182 Å². The van der Waals surface area contributed by atoms with Crippen molar-refractivity contribution in [3.63, 3.8) is 0 Å². The van der Waals surface area contributed by atoms with Gasteiger partial charge in [-0.15, -0.1) is 0 Å². The van der Waals surface area contributed by atoms with Gasteiger partial charge in [0.1, 0.15) is 19.3 Å². The van der Waals surface area contributed by atoms with Gasteiger partial charge in [-0.3, -0.25) is 37.3 Å². The molecule has 0 aliphatic heterocycles. The largest absolute Gasteiger partial charge is 0.472 e. The maximum Gasteiger partial charge on any atom is 0.472 e. The van der Waals surface area contributed by atoms with Gasteiger partial charge in [0.25, 0.3) is 0 Å². The van der Waals surface area contributed by atoms with Gasteiger partial charge >= 0.3 is 39.5 Å². The summed E-state index contributed by atoms with van der Waals surface area (Å²) in [4.78, 5) is 73.2. The van der Waals surface area contributed by atoms with E-state index in [-0.39, 0.29) is 25.7 Å². The minimum absolute atomic E-state index is 0.0644. The average Bonchev–Trinajstić information content (AvgIpc) is 0.942. The lowest BCUT2D eigenvalue weighted by Gasteiger charge is -2.21. The Morgan fingerprint density at radius 3 is 0.736 bits per heavy atom. The minimum Gasteiger partial charge on any atom is -0.462 e. The van der Waals surface area contributed by atoms with E-state index in [1.54, 1.807) is 0 Å². The van der Waals surface area contributed by atoms with Crippen LogP contribution in [0, 0.1) is 0 Å². The lowest BCUT2D eigenvalue weighted by Crippen LogP contribution is -2.30. The Balaban J connectivity index is 5.44. The van der Waals surface area contributed by atoms with Gasteiger partial charge in [0, 0.05) is 25.7 Å². The molecule has 0 spiro atoms. The second-order valence-electron chi connectivity index (χ2n) is 27.3. The Labute approximate surface area is 666 Å². The van der Waals surface area contributed by atoms with Crippen molar-refractivity contribution < 1.29 is 80.2 Å². The molecule has 0 amide bonds. The summed E-state index contributed by atoms with van der Waals surface area (Å²) in [6.07, 6.45) is 98.5. The molecule has 19 heteroatoms. The summed E-state index contributed by atoms with van der Waals surface area (Å²) in [7, 11) is -10.0. The molecule has 0 aromatic carbocycles. The number of hydrogen-bond donors (Lipinski definition) is 3. The molecule has 110 heavy (non-hydrogen) atoms. The molecule has 3 N–H and O–H groups in total. The second kappa shape index (κ2) is 81.2. The number of carbonyl (C=O) groups excluding carboxylic acids is 4. The lowest BCUT2D eigenvalue weighted by molar-refractivity contribution is -0.161. The maximum atomic E-state index is 13.1. The smallest absolute Gasteiger partial charge is 0.462 e. The van der Waals surface area contributed by atoms with Crippen LogP contribution in [0.4, 0.5) is 0 Å². The van der Waals surface area contributed by atoms with Crippen molar-refractivity contribution in [2.24, 2.45) is 0 Å². The van der Waals surface area contributed by atoms with E-state index in [1.165, 1.54) is 0 Å². The molecular formula is C91H148O17P2. The summed E-state index contributed by atoms with van der Waals surface area (Å²) in [5.74, 6) is -2.27. The molecule has 0 fully saturated rings. The zero-order valence-corrected chi connectivity index (χ0v) is 70.1. The standard InChI is InChI=1S/C91H148O17P2/c1-5-9-13-17-21-25-29-33-36-39-42-45-48-52-55-59-63-67-71-75-88(93)101-81-86(107-90(95)77-73-69-65-61-57-51-32-28-24-20-16-12-8-4)83-105-109(97,98)103-79-85(92)80-104-110(99,100)106-84-87(108-91(96)78-74-70-66-62-58-54-50-47-44-41-38-35-31-27-23-19-15-11-7-3)82-102-89(94)76-72-68-64-60-56-53-49-46-43-40-37-34-30-26-22-18-14-10-6-2/h9-11,13-16,20-23,25-28,32-38,42-47,52,55,85-87,92H,5-8,12,17-19,24,29-31,39-41,48-51,53-54,56-84H2,1-4H3,(H,97,98)(H,99,100)/b13-9-,14-10-,15-11-,20-16-,25-21-,26-22-,27-23-,32-28-,36-33-,37-34-,38-35-,45-42-,46-43-,47-44-,55-52-. The van der Waals surface area contributed by atoms with Crippen molar-refractivity contribution in [1.29, 1.82) is 0 Å². The number of hydrogen-bond acceptors (Lipinski definition) is 15. The van der Waals surface area contributed by atoms with Crippen molar-refractivity contribution in [3.8, 4) is 0 Å². The van der Waals surface area contributed by atoms with Crippen molar-refractivity contribution in [2.45, 2.75) is 329 Å². The quantitative estimate of drug-likeness (QED) is 0.0169. The van der Waals surface area contributed by atoms with E-state index in [2.05, 4.69) is 210 Å². The third kappa shape index (κ3) is 80.2. The Morgan fingerprint density at radius 2 is 0.473 bits per heavy atom. The minimum atomic E-state index is -5.00. The molecule has 0 heterocycles. The molecule has 624 valence electrons. The summed E-state index contributed by atoms with van der Waals surface area (Å²) in [6.45, 7) is 4.39. The highest BCUT2D eigenvalue weighted by atomic mass is 31.2. The molecular weight excluding hydrogens is 1430 g/mol. The zero-order chi connectivity index (χ0) is 80.3. The zero-order valence-electron chi connectivity index (χ0n) is 68.4. The summed E-state index contributed by atoms with van der Waals surface area (Å²) in [5.41, 5.74) is 0. The maximum absolute atomic E-state index is 13.1. The van der Waals surface area contributed by atoms with E-state index in [4.69, 9.17) is 37.0 Å². The number of carbonyl (C=O) groups is 4. The van der Waals surface area contributed by atoms with E-state index in [9.17, 15) is 43.2 Å². The van der Waals surface area contributed by atoms with Gasteiger partial charge in [0.15, 0.2) is 12.2 Å². The van der Waals surface area contributed by atoms with E-state index < -0.39 is 97.5 Å². The first-order valence-corrected chi connectivity index (χ1v) is 45.0. The van der Waals surface area contributed by atoms with Crippen LogP contribution < -0.4 is 0 Å². The molecule has 0 radical (unpaired) electrons. The normalized spacial score (nSPS) is 14.7. The van der Waals surface area contributed by atoms with Crippen LogP contribution in [0.3, 0.4) is 0 Å². The van der Waals surface area contributed by atoms with Gasteiger partial charge in [-0.05, 0) is 173 Å². The number of aliphatic hydroxyl groups is 1. The number of aliphatic hydroxyl groups excluding tert-OH is 1. The second-order valence-corrected chi connectivity index (χ2v) is 30.2. The predicted molar refractivity (Wildman–Crippen MR) is 454 cm³/mol. The molecule has 0 aliphatic rings. The first kappa shape index (κ1) is 104. The van der Waals surface area contributed by atoms with E-state index in [0.717, 1.165) is 231 Å². The molecule has 5 unspecified atom stereocenters. The Kier molecular flexibility index (Phi) is 76.9. The summed E-state index contributed by atoms with van der Waals surface area (Å²) in [6, 6.07) is 0. The van der Waals surface area contributed by atoms with E-state index in [0.29, 0.717) is 25.7 Å². The molecule has 0 saturated heterocycles. The number of ether oxygens (including phenoxy) is 4. The van der Waals surface area contributed by atoms with Crippen LogP contribution in [0.1, 0.15) is 310 Å². The Hall–Kier alpha value is -5.84. The van der Waals surface area contributed by atoms with Crippen LogP contribution in [0.25, 0.3) is 0 Å². The number of phosphoric ester groups is 2. The van der Waals surface area contributed by atoms with Crippen LogP contribution >= 0.6 is 15.6 Å². The van der Waals surface area contributed by atoms with Crippen molar-refractivity contribution in [1.82, 2.24) is 0 Å². The average molecular weight is 1580 g/mol. The highest BCUT2D eigenvalue weighted by Gasteiger charge is 2.30. The Morgan fingerprint density at radius 1 is 0.264 bits per heavy atom. The molecule has 17 nitrogen and oxygen atoms in total. The molecule has 0 saturated carbocycles. The number of esters is 4. The fourth-order valence-corrected chi connectivity index (χ4v) is 12.1. The van der Waals surface area contributed by atoms with Gasteiger partial charge in [-0.1, -0.05) is 293 Å². The number of phosphoric acid groups is 2. The van der Waals surface area contributed by atoms with Gasteiger partial charge in [-0.25, -0.2) is 9.13 Å². The topological polar surface area (TPSA) is 237 Å². The van der Waals surface area contributed by atoms with Gasteiger partial charge in [-0.2, -0.15) is 0 Å². The van der Waals surface area contributed by atoms with Crippen LogP contribution in [-0.2, 0) is 65.4 Å². The fourth-order valence-electron chi connectivity index (χ4n) is 10.6. The number of rotatable bonds is 77. The van der Waals surface area contributed by atoms with Crippen molar-refractivity contribution in [2.75, 3.05) is 39.6 Å². The molecule has 0 bridgehead atoms. The van der Waals surface area contributed by atoms with E-state index in [1.807, 2.05) is 0 Å². The monoisotopic (exact) mass is 1580 g/mol. The lowest BCUT2D eigenvalue weighted by atomic mass is 10.1. The van der Waals surface area contributed by atoms with E-state index >= 15 is 0 Å². The number of unbranched alkanes of at least 4 members (excludes halogenated alkanes) is 21. The molecule has 0 aromatic rings. The third-order valence-electron chi connectivity index (χ3n) is 16.8. The molecule has 0 aromatic heterocycles. The third-order valence-corrected chi connectivity index (χ3v) is 18.7. The first-order valence-electron chi connectivity index (χ1n) is 42.0. The van der Waals surface area contributed by atoms with Crippen LogP contribution in [-0.4, -0.2) is 96.7 Å². The van der Waals surface area contributed by atoms with Crippen LogP contribution in [0.2, 0.25) is 0 Å². The summed E-state index contributed by atoms with van der Waals surface area (Å²) in [5, 5.41) is 10.7. The SMILES string of the molecule is CC/C=C\C/C=C\C/C=C\C/C=C\C/C=C\CCCCCC(=O)OCC(COP(=O)(O)OCC(O)COP(=O)(O)OCC(COC(=O)CCCCCCCC/C=C\C/C=C\C/C=C\C/C=C\CC)OC(=O)CCCCCCCC/C=C\C/C=C\C/C=C\C/C=C\CC)OC(=O)CCCCCCC/C=C\C/C=C\CCC. The molecule has 5 atom stereocenters. The van der Waals surface area contributed by atoms with Gasteiger partial charge in [0.2, 0.25) is 0 Å². The van der Waals surface area contributed by atoms with Crippen LogP contribution in [0.5, 0.6) is 0 Å².